The third kappa shape index (κ3) is 7.02. The van der Waals surface area contributed by atoms with E-state index in [2.05, 4.69) is 10.6 Å². The van der Waals surface area contributed by atoms with Gasteiger partial charge in [-0.25, -0.2) is 0 Å². The number of hydrogen-bond acceptors (Lipinski definition) is 4. The van der Waals surface area contributed by atoms with Crippen LogP contribution in [0.2, 0.25) is 0 Å². The highest BCUT2D eigenvalue weighted by Gasteiger charge is 2.28. The lowest BCUT2D eigenvalue weighted by Crippen LogP contribution is -2.56. The molecule has 0 saturated carbocycles. The fourth-order valence-corrected chi connectivity index (χ4v) is 2.02. The largest absolute Gasteiger partial charge is 0.345 e. The summed E-state index contributed by atoms with van der Waals surface area (Å²) in [7, 11) is 0. The van der Waals surface area contributed by atoms with Gasteiger partial charge in [-0.3, -0.25) is 9.59 Å². The molecule has 0 heterocycles. The van der Waals surface area contributed by atoms with Gasteiger partial charge in [0.05, 0.1) is 12.1 Å². The van der Waals surface area contributed by atoms with E-state index in [4.69, 9.17) is 5.73 Å². The molecule has 0 aliphatic heterocycles. The highest BCUT2D eigenvalue weighted by molar-refractivity contribution is 5.91. The molecular formula is C16H31N3O3. The van der Waals surface area contributed by atoms with Gasteiger partial charge in [0, 0.05) is 0 Å². The molecule has 6 heteroatoms. The van der Waals surface area contributed by atoms with Crippen LogP contribution in [0.3, 0.4) is 0 Å². The molecule has 0 spiro atoms. The zero-order valence-corrected chi connectivity index (χ0v) is 14.6. The Bertz CT molecular complexity index is 381. The minimum atomic E-state index is -0.702. The maximum Gasteiger partial charge on any atom is 0.243 e. The molecule has 0 aliphatic carbocycles. The Morgan fingerprint density at radius 2 is 1.50 bits per heavy atom. The van der Waals surface area contributed by atoms with Crippen LogP contribution in [0, 0.1) is 17.8 Å². The molecule has 0 radical (unpaired) electrons. The minimum absolute atomic E-state index is 0.00633. The third-order valence-electron chi connectivity index (χ3n) is 3.48. The Labute approximate surface area is 133 Å². The van der Waals surface area contributed by atoms with Crippen LogP contribution in [0.5, 0.6) is 0 Å². The van der Waals surface area contributed by atoms with E-state index >= 15 is 0 Å². The van der Waals surface area contributed by atoms with Gasteiger partial charge in [-0.2, -0.15) is 0 Å². The quantitative estimate of drug-likeness (QED) is 0.549. The van der Waals surface area contributed by atoms with Crippen LogP contribution in [0.4, 0.5) is 0 Å². The molecule has 0 unspecified atom stereocenters. The molecule has 4 N–H and O–H groups in total. The lowest BCUT2D eigenvalue weighted by Gasteiger charge is -2.26. The monoisotopic (exact) mass is 313 g/mol. The van der Waals surface area contributed by atoms with Crippen LogP contribution in [0.15, 0.2) is 0 Å². The second-order valence-electron chi connectivity index (χ2n) is 6.88. The molecule has 0 aliphatic rings. The van der Waals surface area contributed by atoms with Gasteiger partial charge in [0.15, 0.2) is 0 Å². The Balaban J connectivity index is 4.82. The van der Waals surface area contributed by atoms with Gasteiger partial charge in [0.25, 0.3) is 0 Å². The zero-order chi connectivity index (χ0) is 17.4. The first-order valence-corrected chi connectivity index (χ1v) is 7.91. The molecule has 0 saturated heterocycles. The van der Waals surface area contributed by atoms with E-state index in [1.165, 1.54) is 0 Å². The predicted molar refractivity (Wildman–Crippen MR) is 87.0 cm³/mol. The molecule has 6 nitrogen and oxygen atoms in total. The van der Waals surface area contributed by atoms with Crippen molar-refractivity contribution in [2.24, 2.45) is 23.5 Å². The molecule has 22 heavy (non-hydrogen) atoms. The first-order valence-electron chi connectivity index (χ1n) is 7.91. The molecule has 0 aromatic heterocycles. The lowest BCUT2D eigenvalue weighted by molar-refractivity contribution is -0.132. The number of aldehydes is 1. The fraction of sp³-hybridized carbons (Fsp3) is 0.812. The van der Waals surface area contributed by atoms with Crippen LogP contribution >= 0.6 is 0 Å². The van der Waals surface area contributed by atoms with Crippen molar-refractivity contribution in [3.8, 4) is 0 Å². The Kier molecular flexibility index (Phi) is 8.94. The van der Waals surface area contributed by atoms with Gasteiger partial charge in [0.2, 0.25) is 11.8 Å². The van der Waals surface area contributed by atoms with Crippen molar-refractivity contribution >= 4 is 18.1 Å². The second kappa shape index (κ2) is 9.56. The van der Waals surface area contributed by atoms with Crippen LogP contribution < -0.4 is 16.4 Å². The maximum atomic E-state index is 12.3. The van der Waals surface area contributed by atoms with E-state index in [-0.39, 0.29) is 23.7 Å². The summed E-state index contributed by atoms with van der Waals surface area (Å²) in [6, 6.07) is -1.90. The van der Waals surface area contributed by atoms with Gasteiger partial charge in [-0.1, -0.05) is 41.5 Å². The van der Waals surface area contributed by atoms with E-state index in [1.54, 1.807) is 0 Å². The topological polar surface area (TPSA) is 101 Å². The standard InChI is InChI=1S/C16H31N3O3/c1-9(2)7-12(17)15(21)19-14(11(5)6)16(22)18-13(8-20)10(3)4/h8-14H,7,17H2,1-6H3,(H,18,22)(H,19,21)/t12-,13+,14-/m0/s1. The molecule has 0 fully saturated rings. The molecule has 0 rings (SSSR count). The minimum Gasteiger partial charge on any atom is -0.345 e. The number of carbonyl (C=O) groups is 3. The van der Waals surface area contributed by atoms with E-state index in [1.807, 2.05) is 41.5 Å². The maximum absolute atomic E-state index is 12.3. The summed E-state index contributed by atoms with van der Waals surface area (Å²) in [5, 5.41) is 5.37. The molecule has 0 bridgehead atoms. The predicted octanol–water partition coefficient (Wildman–Crippen LogP) is 0.840. The number of amides is 2. The van der Waals surface area contributed by atoms with Crippen molar-refractivity contribution in [3.63, 3.8) is 0 Å². The zero-order valence-electron chi connectivity index (χ0n) is 14.6. The average molecular weight is 313 g/mol. The van der Waals surface area contributed by atoms with Gasteiger partial charge in [-0.05, 0) is 24.2 Å². The van der Waals surface area contributed by atoms with Crippen LogP contribution in [0.25, 0.3) is 0 Å². The lowest BCUT2D eigenvalue weighted by atomic mass is 9.99. The summed E-state index contributed by atoms with van der Waals surface area (Å²) in [4.78, 5) is 35.4. The van der Waals surface area contributed by atoms with Crippen molar-refractivity contribution in [1.29, 1.82) is 0 Å². The van der Waals surface area contributed by atoms with Crippen LogP contribution in [-0.2, 0) is 14.4 Å². The molecule has 2 amide bonds. The van der Waals surface area contributed by atoms with E-state index in [0.717, 1.165) is 0 Å². The number of nitrogens with two attached hydrogens (primary N) is 1. The summed E-state index contributed by atoms with van der Waals surface area (Å²) < 4.78 is 0. The molecule has 0 aromatic rings. The normalized spacial score (nSPS) is 15.5. The van der Waals surface area contributed by atoms with Gasteiger partial charge >= 0.3 is 0 Å². The SMILES string of the molecule is CC(C)C[C@H](N)C(=O)N[C@H](C(=O)N[C@H](C=O)C(C)C)C(C)C. The van der Waals surface area contributed by atoms with Gasteiger partial charge < -0.3 is 21.2 Å². The Morgan fingerprint density at radius 1 is 0.955 bits per heavy atom. The number of rotatable bonds is 9. The average Bonchev–Trinajstić information content (AvgIpc) is 2.39. The summed E-state index contributed by atoms with van der Waals surface area (Å²) in [6.07, 6.45) is 1.27. The van der Waals surface area contributed by atoms with Crippen molar-refractivity contribution in [2.75, 3.05) is 0 Å². The first kappa shape index (κ1) is 20.6. The van der Waals surface area contributed by atoms with Gasteiger partial charge in [-0.15, -0.1) is 0 Å². The van der Waals surface area contributed by atoms with E-state index in [9.17, 15) is 14.4 Å². The van der Waals surface area contributed by atoms with E-state index in [0.29, 0.717) is 18.6 Å². The highest BCUT2D eigenvalue weighted by atomic mass is 16.2. The second-order valence-corrected chi connectivity index (χ2v) is 6.88. The summed E-state index contributed by atoms with van der Waals surface area (Å²) in [6.45, 7) is 11.3. The fourth-order valence-electron chi connectivity index (χ4n) is 2.02. The number of carbonyl (C=O) groups excluding carboxylic acids is 3. The molecule has 0 aromatic carbocycles. The van der Waals surface area contributed by atoms with Crippen LogP contribution in [-0.4, -0.2) is 36.2 Å². The van der Waals surface area contributed by atoms with Crippen LogP contribution in [0.1, 0.15) is 48.0 Å². The Hall–Kier alpha value is -1.43. The van der Waals surface area contributed by atoms with Crippen molar-refractivity contribution in [2.45, 2.75) is 66.1 Å². The molecule has 3 atom stereocenters. The number of nitrogens with one attached hydrogen (secondary N) is 2. The van der Waals surface area contributed by atoms with Crippen molar-refractivity contribution in [3.05, 3.63) is 0 Å². The molecular weight excluding hydrogens is 282 g/mol. The molecule has 128 valence electrons. The van der Waals surface area contributed by atoms with Gasteiger partial charge in [0.1, 0.15) is 12.3 Å². The third-order valence-corrected chi connectivity index (χ3v) is 3.48. The smallest absolute Gasteiger partial charge is 0.243 e. The first-order chi connectivity index (χ1) is 10.1. The highest BCUT2D eigenvalue weighted by Crippen LogP contribution is 2.07. The summed E-state index contributed by atoms with van der Waals surface area (Å²) in [5.74, 6) is -0.504. The summed E-state index contributed by atoms with van der Waals surface area (Å²) >= 11 is 0. The van der Waals surface area contributed by atoms with Crippen molar-refractivity contribution in [1.82, 2.24) is 10.6 Å². The van der Waals surface area contributed by atoms with E-state index < -0.39 is 18.1 Å². The van der Waals surface area contributed by atoms with Crippen molar-refractivity contribution < 1.29 is 14.4 Å². The number of hydrogen-bond donors (Lipinski definition) is 3. The Morgan fingerprint density at radius 3 is 1.86 bits per heavy atom. The summed E-state index contributed by atoms with van der Waals surface area (Å²) in [5.41, 5.74) is 5.84.